The van der Waals surface area contributed by atoms with Gasteiger partial charge in [-0.3, -0.25) is 0 Å². The van der Waals surface area contributed by atoms with E-state index in [1.54, 1.807) is 0 Å². The first-order valence-electron chi connectivity index (χ1n) is 10.7. The predicted octanol–water partition coefficient (Wildman–Crippen LogP) is 4.31. The molecule has 0 amide bonds. The lowest BCUT2D eigenvalue weighted by atomic mass is 10.0. The predicted molar refractivity (Wildman–Crippen MR) is 121 cm³/mol. The molecule has 1 aliphatic rings. The summed E-state index contributed by atoms with van der Waals surface area (Å²) in [5.41, 5.74) is 5.45. The molecule has 0 bridgehead atoms. The van der Waals surface area contributed by atoms with Crippen LogP contribution in [0.4, 0.5) is 0 Å². The fourth-order valence-electron chi connectivity index (χ4n) is 4.39. The molecular formula is C22H30N6S. The van der Waals surface area contributed by atoms with Gasteiger partial charge in [0.1, 0.15) is 0 Å². The van der Waals surface area contributed by atoms with E-state index < -0.39 is 0 Å². The van der Waals surface area contributed by atoms with E-state index in [9.17, 15) is 0 Å². The summed E-state index contributed by atoms with van der Waals surface area (Å²) in [7, 11) is 0. The quantitative estimate of drug-likeness (QED) is 0.633. The third-order valence-corrected chi connectivity index (χ3v) is 6.51. The highest BCUT2D eigenvalue weighted by Crippen LogP contribution is 2.28. The summed E-state index contributed by atoms with van der Waals surface area (Å²) in [5.74, 6) is 0. The maximum Gasteiger partial charge on any atom is 0.184 e. The zero-order valence-electron chi connectivity index (χ0n) is 17.8. The van der Waals surface area contributed by atoms with E-state index in [2.05, 4.69) is 71.6 Å². The smallest absolute Gasteiger partial charge is 0.184 e. The van der Waals surface area contributed by atoms with Gasteiger partial charge in [-0.15, -0.1) is 5.10 Å². The van der Waals surface area contributed by atoms with E-state index in [-0.39, 0.29) is 0 Å². The highest BCUT2D eigenvalue weighted by molar-refractivity contribution is 7.80. The molecule has 1 fully saturated rings. The van der Waals surface area contributed by atoms with Gasteiger partial charge >= 0.3 is 0 Å². The first kappa shape index (κ1) is 20.0. The van der Waals surface area contributed by atoms with E-state index in [0.717, 1.165) is 34.8 Å². The number of rotatable bonds is 5. The second-order valence-corrected chi connectivity index (χ2v) is 8.81. The second kappa shape index (κ2) is 8.22. The van der Waals surface area contributed by atoms with Crippen molar-refractivity contribution >= 4 is 33.9 Å². The van der Waals surface area contributed by atoms with Crippen LogP contribution in [0, 0.1) is 13.8 Å². The number of aromatic nitrogens is 4. The van der Waals surface area contributed by atoms with Crippen molar-refractivity contribution in [3.8, 4) is 0 Å². The zero-order chi connectivity index (χ0) is 20.5. The molecule has 2 heterocycles. The van der Waals surface area contributed by atoms with Crippen LogP contribution in [0.1, 0.15) is 62.6 Å². The maximum atomic E-state index is 5.85. The molecule has 1 aliphatic carbocycles. The molecule has 3 aromatic rings. The standard InChI is InChI=1S/C22H30N6S/c1-5-16(4)23-22(29)27(18-8-6-7-9-18)13-17-12-19-15(3)10-14(2)11-20(19)28-21(17)24-25-26-28/h10-12,16,18H,5-9,13H2,1-4H3,(H,23,29)/t16-/m1/s1. The van der Waals surface area contributed by atoms with E-state index in [1.165, 1.54) is 42.2 Å². The summed E-state index contributed by atoms with van der Waals surface area (Å²) in [6.07, 6.45) is 5.96. The summed E-state index contributed by atoms with van der Waals surface area (Å²) >= 11 is 5.85. The van der Waals surface area contributed by atoms with Crippen LogP contribution in [0.3, 0.4) is 0 Å². The van der Waals surface area contributed by atoms with Gasteiger partial charge in [-0.05, 0) is 85.9 Å². The van der Waals surface area contributed by atoms with Gasteiger partial charge in [0.05, 0.1) is 5.52 Å². The Hall–Kier alpha value is -2.28. The molecule has 0 saturated heterocycles. The first-order valence-corrected chi connectivity index (χ1v) is 11.1. The molecule has 1 saturated carbocycles. The van der Waals surface area contributed by atoms with Gasteiger partial charge in [-0.1, -0.05) is 25.8 Å². The lowest BCUT2D eigenvalue weighted by molar-refractivity contribution is 0.300. The van der Waals surface area contributed by atoms with Gasteiger partial charge in [0, 0.05) is 29.6 Å². The number of pyridine rings is 1. The summed E-state index contributed by atoms with van der Waals surface area (Å²) in [6, 6.07) is 7.46. The lowest BCUT2D eigenvalue weighted by Gasteiger charge is -2.33. The van der Waals surface area contributed by atoms with Crippen molar-refractivity contribution < 1.29 is 0 Å². The fourth-order valence-corrected chi connectivity index (χ4v) is 4.80. The van der Waals surface area contributed by atoms with Crippen LogP contribution in [0.5, 0.6) is 0 Å². The highest BCUT2D eigenvalue weighted by atomic mass is 32.1. The van der Waals surface area contributed by atoms with Crippen LogP contribution in [-0.4, -0.2) is 42.1 Å². The Morgan fingerprint density at radius 1 is 1.28 bits per heavy atom. The van der Waals surface area contributed by atoms with E-state index >= 15 is 0 Å². The monoisotopic (exact) mass is 410 g/mol. The number of tetrazole rings is 1. The summed E-state index contributed by atoms with van der Waals surface area (Å²) in [5, 5.41) is 18.2. The van der Waals surface area contributed by atoms with Crippen molar-refractivity contribution in [2.45, 2.75) is 78.4 Å². The zero-order valence-corrected chi connectivity index (χ0v) is 18.6. The summed E-state index contributed by atoms with van der Waals surface area (Å²) in [4.78, 5) is 2.37. The third kappa shape index (κ3) is 3.92. The number of aryl methyl sites for hydroxylation is 2. The number of nitrogens with zero attached hydrogens (tertiary/aromatic N) is 5. The number of thiocarbonyl (C=S) groups is 1. The highest BCUT2D eigenvalue weighted by Gasteiger charge is 2.26. The average molecular weight is 411 g/mol. The Morgan fingerprint density at radius 3 is 2.76 bits per heavy atom. The molecule has 1 atom stereocenters. The largest absolute Gasteiger partial charge is 0.360 e. The normalized spacial score (nSPS) is 15.9. The molecule has 0 unspecified atom stereocenters. The minimum absolute atomic E-state index is 0.364. The van der Waals surface area contributed by atoms with Crippen molar-refractivity contribution in [1.29, 1.82) is 0 Å². The number of fused-ring (bicyclic) bond motifs is 3. The number of nitrogens with one attached hydrogen (secondary N) is 1. The SMILES string of the molecule is CC[C@@H](C)NC(=S)N(Cc1cc2c(C)cc(C)cc2n2nnnc12)C1CCCC1. The molecule has 0 spiro atoms. The van der Waals surface area contributed by atoms with Crippen molar-refractivity contribution in [2.75, 3.05) is 0 Å². The molecule has 1 N–H and O–H groups in total. The van der Waals surface area contributed by atoms with Crippen LogP contribution in [0.25, 0.3) is 16.6 Å². The summed E-state index contributed by atoms with van der Waals surface area (Å²) < 4.78 is 1.88. The number of hydrogen-bond donors (Lipinski definition) is 1. The van der Waals surface area contributed by atoms with Crippen molar-refractivity contribution in [3.63, 3.8) is 0 Å². The maximum absolute atomic E-state index is 5.85. The molecule has 4 rings (SSSR count). The molecule has 29 heavy (non-hydrogen) atoms. The minimum atomic E-state index is 0.364. The Bertz CT molecular complexity index is 1040. The second-order valence-electron chi connectivity index (χ2n) is 8.42. The molecular weight excluding hydrogens is 380 g/mol. The van der Waals surface area contributed by atoms with Crippen LogP contribution in [-0.2, 0) is 6.54 Å². The Morgan fingerprint density at radius 2 is 2.03 bits per heavy atom. The van der Waals surface area contributed by atoms with Crippen molar-refractivity contribution in [3.05, 3.63) is 34.9 Å². The molecule has 7 heteroatoms. The average Bonchev–Trinajstić information content (AvgIpc) is 3.38. The van der Waals surface area contributed by atoms with Gasteiger partial charge in [-0.25, -0.2) is 0 Å². The van der Waals surface area contributed by atoms with Gasteiger partial charge in [0.2, 0.25) is 0 Å². The molecule has 154 valence electrons. The molecule has 1 aromatic carbocycles. The Balaban J connectivity index is 1.76. The number of hydrogen-bond acceptors (Lipinski definition) is 4. The van der Waals surface area contributed by atoms with Gasteiger partial charge < -0.3 is 10.2 Å². The molecule has 6 nitrogen and oxygen atoms in total. The van der Waals surface area contributed by atoms with Gasteiger partial charge in [0.15, 0.2) is 10.8 Å². The fraction of sp³-hybridized carbons (Fsp3) is 0.545. The van der Waals surface area contributed by atoms with Crippen LogP contribution < -0.4 is 5.32 Å². The Labute approximate surface area is 177 Å². The van der Waals surface area contributed by atoms with Crippen molar-refractivity contribution in [1.82, 2.24) is 30.3 Å². The lowest BCUT2D eigenvalue weighted by Crippen LogP contribution is -2.47. The van der Waals surface area contributed by atoms with Crippen LogP contribution in [0.2, 0.25) is 0 Å². The van der Waals surface area contributed by atoms with Gasteiger partial charge in [0.25, 0.3) is 0 Å². The van der Waals surface area contributed by atoms with Crippen LogP contribution in [0.15, 0.2) is 18.2 Å². The minimum Gasteiger partial charge on any atom is -0.360 e. The van der Waals surface area contributed by atoms with Crippen LogP contribution >= 0.6 is 12.2 Å². The molecule has 0 radical (unpaired) electrons. The number of benzene rings is 1. The van der Waals surface area contributed by atoms with Gasteiger partial charge in [-0.2, -0.15) is 4.52 Å². The molecule has 2 aromatic heterocycles. The van der Waals surface area contributed by atoms with E-state index in [1.807, 2.05) is 4.52 Å². The topological polar surface area (TPSA) is 58.4 Å². The Kier molecular flexibility index (Phi) is 5.67. The third-order valence-electron chi connectivity index (χ3n) is 6.16. The van der Waals surface area contributed by atoms with E-state index in [4.69, 9.17) is 12.2 Å². The first-order chi connectivity index (χ1) is 14.0. The summed E-state index contributed by atoms with van der Waals surface area (Å²) in [6.45, 7) is 9.35. The van der Waals surface area contributed by atoms with Crippen molar-refractivity contribution in [2.24, 2.45) is 0 Å². The van der Waals surface area contributed by atoms with E-state index in [0.29, 0.717) is 12.1 Å². The molecule has 0 aliphatic heterocycles.